The van der Waals surface area contributed by atoms with Crippen LogP contribution in [0.3, 0.4) is 0 Å². The fourth-order valence-corrected chi connectivity index (χ4v) is 3.28. The molecule has 0 bridgehead atoms. The number of carbonyl (C=O) groups excluding carboxylic acids is 1. The van der Waals surface area contributed by atoms with Gasteiger partial charge in [0.25, 0.3) is 5.56 Å². The lowest BCUT2D eigenvalue weighted by Crippen LogP contribution is -2.50. The van der Waals surface area contributed by atoms with Gasteiger partial charge < -0.3 is 19.6 Å². The number of amides is 1. The van der Waals surface area contributed by atoms with Gasteiger partial charge in [0.2, 0.25) is 16.0 Å². The maximum atomic E-state index is 12.1. The van der Waals surface area contributed by atoms with Gasteiger partial charge in [-0.25, -0.2) is 4.79 Å². The van der Waals surface area contributed by atoms with Crippen molar-refractivity contribution >= 4 is 27.5 Å². The number of aromatic hydroxyl groups is 1. The second-order valence-corrected chi connectivity index (χ2v) is 7.42. The lowest BCUT2D eigenvalue weighted by Gasteiger charge is -2.35. The van der Waals surface area contributed by atoms with E-state index >= 15 is 0 Å². The van der Waals surface area contributed by atoms with Crippen molar-refractivity contribution in [3.63, 3.8) is 0 Å². The molecule has 0 spiro atoms. The zero-order valence-electron chi connectivity index (χ0n) is 13.7. The molecule has 2 aromatic rings. The van der Waals surface area contributed by atoms with Gasteiger partial charge in [-0.2, -0.15) is 9.50 Å². The molecular weight excluding hydrogens is 334 g/mol. The lowest BCUT2D eigenvalue weighted by molar-refractivity contribution is 0.0240. The van der Waals surface area contributed by atoms with E-state index < -0.39 is 11.2 Å². The van der Waals surface area contributed by atoms with Crippen LogP contribution in [0.25, 0.3) is 4.96 Å². The van der Waals surface area contributed by atoms with E-state index in [1.807, 2.05) is 25.7 Å². The van der Waals surface area contributed by atoms with Crippen molar-refractivity contribution in [2.24, 2.45) is 0 Å². The van der Waals surface area contributed by atoms with Crippen LogP contribution in [0.4, 0.5) is 9.93 Å². The molecule has 10 heteroatoms. The van der Waals surface area contributed by atoms with Crippen LogP contribution in [0.5, 0.6) is 5.88 Å². The summed E-state index contributed by atoms with van der Waals surface area (Å²) in [4.78, 5) is 31.7. The fourth-order valence-electron chi connectivity index (χ4n) is 2.32. The highest BCUT2D eigenvalue weighted by molar-refractivity contribution is 7.20. The second kappa shape index (κ2) is 5.93. The SMILES string of the molecule is CC(C)(C)OC(=O)N1CCN(c2nn3c(=O)cc(O)nc3s2)CC1. The number of aromatic nitrogens is 3. The summed E-state index contributed by atoms with van der Waals surface area (Å²) in [6.45, 7) is 7.70. The van der Waals surface area contributed by atoms with Crippen molar-refractivity contribution in [3.05, 3.63) is 16.4 Å². The molecule has 1 amide bonds. The number of carbonyl (C=O) groups is 1. The molecule has 1 fully saturated rings. The van der Waals surface area contributed by atoms with Gasteiger partial charge in [-0.15, -0.1) is 5.10 Å². The van der Waals surface area contributed by atoms with Crippen molar-refractivity contribution in [1.82, 2.24) is 19.5 Å². The van der Waals surface area contributed by atoms with Gasteiger partial charge in [0.15, 0.2) is 0 Å². The first-order chi connectivity index (χ1) is 11.2. The summed E-state index contributed by atoms with van der Waals surface area (Å²) in [5.74, 6) is -0.315. The van der Waals surface area contributed by atoms with Crippen molar-refractivity contribution < 1.29 is 14.6 Å². The highest BCUT2D eigenvalue weighted by Gasteiger charge is 2.27. The lowest BCUT2D eigenvalue weighted by atomic mass is 10.2. The van der Waals surface area contributed by atoms with Crippen molar-refractivity contribution in [1.29, 1.82) is 0 Å². The normalized spacial score (nSPS) is 15.8. The Balaban J connectivity index is 1.70. The quantitative estimate of drug-likeness (QED) is 0.813. The maximum Gasteiger partial charge on any atom is 0.410 e. The molecule has 0 radical (unpaired) electrons. The number of nitrogens with zero attached hydrogens (tertiary/aromatic N) is 5. The Bertz CT molecular complexity index is 817. The van der Waals surface area contributed by atoms with Crippen molar-refractivity contribution in [2.45, 2.75) is 26.4 Å². The molecular formula is C14H19N5O4S. The number of hydrogen-bond donors (Lipinski definition) is 1. The Morgan fingerprint density at radius 1 is 1.29 bits per heavy atom. The third-order valence-corrected chi connectivity index (χ3v) is 4.39. The Morgan fingerprint density at radius 2 is 1.96 bits per heavy atom. The van der Waals surface area contributed by atoms with Gasteiger partial charge in [-0.3, -0.25) is 4.79 Å². The first-order valence-corrected chi connectivity index (χ1v) is 8.37. The Kier molecular flexibility index (Phi) is 4.08. The monoisotopic (exact) mass is 353 g/mol. The highest BCUT2D eigenvalue weighted by atomic mass is 32.1. The maximum absolute atomic E-state index is 12.1. The summed E-state index contributed by atoms with van der Waals surface area (Å²) in [5, 5.41) is 14.3. The smallest absolute Gasteiger partial charge is 0.410 e. The van der Waals surface area contributed by atoms with E-state index in [2.05, 4.69) is 10.1 Å². The van der Waals surface area contributed by atoms with Gasteiger partial charge in [-0.05, 0) is 20.8 Å². The van der Waals surface area contributed by atoms with Crippen LogP contribution in [0.2, 0.25) is 0 Å². The van der Waals surface area contributed by atoms with E-state index in [0.717, 1.165) is 6.07 Å². The number of anilines is 1. The standard InChI is InChI=1S/C14H19N5O4S/c1-14(2,3)23-13(22)18-6-4-17(5-7-18)12-16-19-10(21)8-9(20)15-11(19)24-12/h8,20H,4-7H2,1-3H3. The summed E-state index contributed by atoms with van der Waals surface area (Å²) >= 11 is 1.22. The Hall–Kier alpha value is -2.36. The molecule has 0 aliphatic carbocycles. The molecule has 130 valence electrons. The van der Waals surface area contributed by atoms with E-state index in [9.17, 15) is 14.7 Å². The van der Waals surface area contributed by atoms with E-state index in [4.69, 9.17) is 4.74 Å². The van der Waals surface area contributed by atoms with Crippen LogP contribution in [-0.4, -0.2) is 62.5 Å². The molecule has 0 saturated carbocycles. The summed E-state index contributed by atoms with van der Waals surface area (Å²) in [7, 11) is 0. The average molecular weight is 353 g/mol. The summed E-state index contributed by atoms with van der Waals surface area (Å²) in [6, 6.07) is 1.02. The van der Waals surface area contributed by atoms with E-state index in [1.54, 1.807) is 4.90 Å². The van der Waals surface area contributed by atoms with Crippen LogP contribution in [-0.2, 0) is 4.74 Å². The van der Waals surface area contributed by atoms with Gasteiger partial charge in [0, 0.05) is 26.2 Å². The largest absolute Gasteiger partial charge is 0.493 e. The number of hydrogen-bond acceptors (Lipinski definition) is 8. The molecule has 1 N–H and O–H groups in total. The predicted molar refractivity (Wildman–Crippen MR) is 88.8 cm³/mol. The topological polar surface area (TPSA) is 100 Å². The first-order valence-electron chi connectivity index (χ1n) is 7.56. The van der Waals surface area contributed by atoms with Crippen LogP contribution in [0.15, 0.2) is 10.9 Å². The Morgan fingerprint density at radius 3 is 2.58 bits per heavy atom. The van der Waals surface area contributed by atoms with Gasteiger partial charge in [0.05, 0.1) is 6.07 Å². The number of fused-ring (bicyclic) bond motifs is 1. The molecule has 2 aromatic heterocycles. The van der Waals surface area contributed by atoms with Crippen molar-refractivity contribution in [2.75, 3.05) is 31.1 Å². The van der Waals surface area contributed by atoms with Crippen molar-refractivity contribution in [3.8, 4) is 5.88 Å². The van der Waals surface area contributed by atoms with Crippen LogP contribution < -0.4 is 10.5 Å². The summed E-state index contributed by atoms with van der Waals surface area (Å²) < 4.78 is 6.53. The van der Waals surface area contributed by atoms with Crippen LogP contribution >= 0.6 is 11.3 Å². The van der Waals surface area contributed by atoms with E-state index in [1.165, 1.54) is 15.9 Å². The minimum Gasteiger partial charge on any atom is -0.493 e. The first kappa shape index (κ1) is 16.5. The minimum atomic E-state index is -0.518. The molecule has 24 heavy (non-hydrogen) atoms. The number of piperazine rings is 1. The third kappa shape index (κ3) is 3.42. The predicted octanol–water partition coefficient (Wildman–Crippen LogP) is 0.914. The Labute approximate surface area is 142 Å². The number of rotatable bonds is 1. The molecule has 3 heterocycles. The third-order valence-electron chi connectivity index (χ3n) is 3.42. The van der Waals surface area contributed by atoms with Crippen LogP contribution in [0.1, 0.15) is 20.8 Å². The molecule has 0 atom stereocenters. The van der Waals surface area contributed by atoms with E-state index in [0.29, 0.717) is 36.3 Å². The molecule has 3 rings (SSSR count). The number of ether oxygens (including phenoxy) is 1. The molecule has 9 nitrogen and oxygen atoms in total. The highest BCUT2D eigenvalue weighted by Crippen LogP contribution is 2.23. The summed E-state index contributed by atoms with van der Waals surface area (Å²) in [5.41, 5.74) is -0.941. The fraction of sp³-hybridized carbons (Fsp3) is 0.571. The van der Waals surface area contributed by atoms with Gasteiger partial charge in [0.1, 0.15) is 5.60 Å². The van der Waals surface area contributed by atoms with Crippen LogP contribution in [0, 0.1) is 0 Å². The van der Waals surface area contributed by atoms with Gasteiger partial charge in [-0.1, -0.05) is 11.3 Å². The zero-order valence-corrected chi connectivity index (χ0v) is 14.5. The van der Waals surface area contributed by atoms with E-state index in [-0.39, 0.29) is 12.0 Å². The summed E-state index contributed by atoms with van der Waals surface area (Å²) in [6.07, 6.45) is -0.325. The molecule has 0 aromatic carbocycles. The molecule has 0 unspecified atom stereocenters. The zero-order chi connectivity index (χ0) is 17.5. The molecule has 1 aliphatic rings. The second-order valence-electron chi connectivity index (χ2n) is 6.49. The molecule has 1 aliphatic heterocycles. The molecule has 1 saturated heterocycles. The minimum absolute atomic E-state index is 0.315. The van der Waals surface area contributed by atoms with Gasteiger partial charge >= 0.3 is 6.09 Å². The average Bonchev–Trinajstić information content (AvgIpc) is 2.90.